The Morgan fingerprint density at radius 2 is 0.163 bits per heavy atom. The standard InChI is InChI=1S/6C21H43NS2.Mo.OS/c6*1-3-5-7-9-11-13-15-17-19-22(21(23)24)20-18-16-14-12-10-8-6-4-2;;1-2/h6*3-20H2,1-2H3,(H,23,24);;/p-6. The van der Waals surface area contributed by atoms with Crippen LogP contribution in [0.5, 0.6) is 0 Å². The van der Waals surface area contributed by atoms with E-state index in [-0.39, 0.29) is 21.1 Å². The molecule has 0 aromatic rings. The van der Waals surface area contributed by atoms with Crippen LogP contribution in [0.25, 0.3) is 0 Å². The van der Waals surface area contributed by atoms with Crippen molar-refractivity contribution in [3.8, 4) is 0 Å². The Labute approximate surface area is 1010 Å². The number of hydrogen-bond donors (Lipinski definition) is 0. The van der Waals surface area contributed by atoms with Crippen LogP contribution in [0.4, 0.5) is 0 Å². The summed E-state index contributed by atoms with van der Waals surface area (Å²) in [6.45, 7) is 40.2. The van der Waals surface area contributed by atoms with Crippen molar-refractivity contribution in [3.05, 3.63) is 0 Å². The Balaban J connectivity index is -0.000000262. The Morgan fingerprint density at radius 3 is 0.211 bits per heavy atom. The second-order valence-electron chi connectivity index (χ2n) is 43.2. The van der Waals surface area contributed by atoms with Crippen LogP contribution >= 0.6 is 73.3 Å². The van der Waals surface area contributed by atoms with Crippen LogP contribution in [0, 0.1) is 0 Å². The van der Waals surface area contributed by atoms with Gasteiger partial charge >= 0.3 is 0 Å². The second kappa shape index (κ2) is 149. The van der Waals surface area contributed by atoms with E-state index in [9.17, 15) is 0 Å². The first-order valence-corrected chi connectivity index (χ1v) is 69.5. The van der Waals surface area contributed by atoms with Crippen LogP contribution < -0.4 is 0 Å². The molecule has 0 amide bonds. The zero-order valence-corrected chi connectivity index (χ0v) is 113. The zero-order valence-electron chi connectivity index (χ0n) is 100. The maximum absolute atomic E-state index is 7.83. The number of unbranched alkanes of at least 4 members (excludes halogenated alkanes) is 84. The molecule has 7 nitrogen and oxygen atoms in total. The van der Waals surface area contributed by atoms with Gasteiger partial charge in [-0.15, -0.1) is 0 Å². The van der Waals surface area contributed by atoms with Crippen molar-refractivity contribution >= 4 is 188 Å². The van der Waals surface area contributed by atoms with Gasteiger partial charge in [0.1, 0.15) is 0 Å². The predicted molar refractivity (Wildman–Crippen MR) is 709 cm³/mol. The first-order chi connectivity index (χ1) is 71.3. The molecular weight excluding hydrogens is 2130 g/mol. The maximum Gasteiger partial charge on any atom is 0.197 e. The summed E-state index contributed by atoms with van der Waals surface area (Å²) in [5.74, 6) is 0. The molecule has 0 heterocycles. The number of nitrogens with zero attached hydrogens (tertiary/aromatic N) is 6. The van der Waals surface area contributed by atoms with E-state index < -0.39 is 0 Å². The zero-order chi connectivity index (χ0) is 109. The van der Waals surface area contributed by atoms with E-state index in [4.69, 9.17) is 153 Å². The van der Waals surface area contributed by atoms with Gasteiger partial charge in [-0.1, -0.05) is 648 Å². The summed E-state index contributed by atoms with van der Waals surface area (Å²) in [7, 11) is 0. The smallest absolute Gasteiger partial charge is 0.197 e. The first-order valence-electron chi connectivity index (χ1n) is 64.2. The molecule has 0 unspecified atom stereocenters. The van der Waals surface area contributed by atoms with Gasteiger partial charge in [0.25, 0.3) is 0 Å². The number of thiocarbonyl (C=S) groups is 6. The molecule has 0 saturated carbocycles. The molecule has 0 fully saturated rings. The van der Waals surface area contributed by atoms with Gasteiger partial charge in [0.2, 0.25) is 0 Å². The SMILES string of the molecule is CCCCCCCCCCN(CCCCCCCCCC)C(=S)[S-].CCCCCCCCCCN(CCCCCCCCCC)C(=S)[S-].CCCCCCCCCCN(CCCCCCCCCC)C(=S)[S-].CCCCCCCCCCN(CCCCCCCCCC)C(=S)[S-].CCCCCCCCCCN(CCCCCCCCCC)C(=S)[S-].CCCCCCCCCCN(CCCCCCCCCC)C(=S)[S-].O=S.[Mo]. The molecule has 0 aromatic carbocycles. The van der Waals surface area contributed by atoms with E-state index in [2.05, 4.69) is 125 Å². The van der Waals surface area contributed by atoms with Crippen molar-refractivity contribution in [2.24, 2.45) is 0 Å². The molecular formula is C126H252MoN6OS13-6. The Kier molecular flexibility index (Phi) is 166. The molecule has 0 aromatic heterocycles. The van der Waals surface area contributed by atoms with Crippen LogP contribution in [-0.4, -0.2) is 138 Å². The van der Waals surface area contributed by atoms with Crippen molar-refractivity contribution in [1.29, 1.82) is 0 Å². The molecule has 0 aliphatic carbocycles. The molecule has 882 valence electrons. The topological polar surface area (TPSA) is 36.5 Å². The molecule has 0 radical (unpaired) electrons. The van der Waals surface area contributed by atoms with E-state index >= 15 is 0 Å². The predicted octanol–water partition coefficient (Wildman–Crippen LogP) is 44.1. The number of rotatable bonds is 108. The third kappa shape index (κ3) is 147. The van der Waals surface area contributed by atoms with Crippen molar-refractivity contribution < 1.29 is 25.3 Å². The van der Waals surface area contributed by atoms with E-state index in [1.807, 2.05) is 0 Å². The average molecular weight is 2380 g/mol. The Hall–Kier alpha value is 1.37. The van der Waals surface area contributed by atoms with Gasteiger partial charge in [0.05, 0.1) is 0 Å². The molecule has 0 saturated heterocycles. The van der Waals surface area contributed by atoms with Crippen molar-refractivity contribution in [2.75, 3.05) is 78.5 Å². The maximum atomic E-state index is 7.83. The molecule has 0 rings (SSSR count). The first kappa shape index (κ1) is 164. The summed E-state index contributed by atoms with van der Waals surface area (Å²) in [4.78, 5) is 13.6. The average Bonchev–Trinajstić information content (AvgIpc) is 0.991. The Bertz CT molecular complexity index is 1950. The van der Waals surface area contributed by atoms with Crippen LogP contribution in [0.3, 0.4) is 0 Å². The van der Waals surface area contributed by atoms with Crippen molar-refractivity contribution in [1.82, 2.24) is 29.4 Å². The Morgan fingerprint density at radius 1 is 0.116 bits per heavy atom. The van der Waals surface area contributed by atoms with Crippen LogP contribution in [-0.2, 0) is 109 Å². The minimum atomic E-state index is 0. The quantitative estimate of drug-likeness (QED) is 0.0251. The monoisotopic (exact) mass is 2380 g/mol. The molecule has 0 aliphatic heterocycles. The summed E-state index contributed by atoms with van der Waals surface area (Å²) >= 11 is 65.9. The van der Waals surface area contributed by atoms with E-state index in [0.717, 1.165) is 78.5 Å². The minimum absolute atomic E-state index is 0. The molecule has 147 heavy (non-hydrogen) atoms. The summed E-state index contributed by atoms with van der Waals surface area (Å²) < 4.78 is 11.9. The van der Waals surface area contributed by atoms with Gasteiger partial charge in [0, 0.05) is 99.6 Å². The second-order valence-corrected chi connectivity index (χ2v) is 49.4. The van der Waals surface area contributed by atoms with Crippen LogP contribution in [0.2, 0.25) is 0 Å². The number of hydrogen-bond acceptors (Lipinski definition) is 14. The minimum Gasteiger partial charge on any atom is -0.411 e. The fourth-order valence-corrected chi connectivity index (χ4v) is 21.2. The van der Waals surface area contributed by atoms with Crippen molar-refractivity contribution in [2.45, 2.75) is 699 Å². The van der Waals surface area contributed by atoms with E-state index in [0.29, 0.717) is 25.9 Å². The summed E-state index contributed by atoms with van der Waals surface area (Å²) in [6.07, 6.45) is 131. The molecule has 21 heteroatoms. The normalized spacial score (nSPS) is 10.7. The van der Waals surface area contributed by atoms with E-state index in [1.54, 1.807) is 0 Å². The van der Waals surface area contributed by atoms with Gasteiger partial charge in [0.15, 0.2) is 12.5 Å². The summed E-state index contributed by atoms with van der Waals surface area (Å²) in [6, 6.07) is 0. The van der Waals surface area contributed by atoms with Gasteiger partial charge in [-0.05, 0) is 77.0 Å². The third-order valence-electron chi connectivity index (χ3n) is 28.9. The van der Waals surface area contributed by atoms with Crippen LogP contribution in [0.15, 0.2) is 0 Å². The van der Waals surface area contributed by atoms with Gasteiger partial charge < -0.3 is 178 Å². The molecule has 0 bridgehead atoms. The van der Waals surface area contributed by atoms with E-state index in [1.165, 1.54) is 616 Å². The fourth-order valence-electron chi connectivity index (χ4n) is 19.0. The largest absolute Gasteiger partial charge is 0.411 e. The molecule has 0 atom stereocenters. The molecule has 0 spiro atoms. The van der Waals surface area contributed by atoms with Gasteiger partial charge in [-0.2, -0.15) is 4.21 Å². The van der Waals surface area contributed by atoms with Crippen LogP contribution in [0.1, 0.15) is 699 Å². The fraction of sp³-hybridized carbons (Fsp3) is 0.952. The molecule has 0 aliphatic rings. The third-order valence-corrected chi connectivity index (χ3v) is 32.0. The summed E-state index contributed by atoms with van der Waals surface area (Å²) in [5.41, 5.74) is 0. The molecule has 0 N–H and O–H groups in total. The van der Waals surface area contributed by atoms with Crippen molar-refractivity contribution in [3.63, 3.8) is 0 Å². The van der Waals surface area contributed by atoms with Gasteiger partial charge in [-0.25, -0.2) is 0 Å². The van der Waals surface area contributed by atoms with Gasteiger partial charge in [-0.3, -0.25) is 0 Å². The summed E-state index contributed by atoms with van der Waals surface area (Å²) in [5, 5.41) is 0.